The standard InChI is InChI=1S/C16H23NO4S/c1-4-22(19,20)11-12(2)17(3)16(18)14-9-10-21-15-8-6-5-7-13(14)15/h5-8,12,14H,4,9-11H2,1-3H3. The van der Waals surface area contributed by atoms with Crippen LogP contribution >= 0.6 is 0 Å². The third-order valence-electron chi connectivity index (χ3n) is 4.20. The zero-order chi connectivity index (χ0) is 16.3. The summed E-state index contributed by atoms with van der Waals surface area (Å²) in [6.45, 7) is 3.90. The number of carbonyl (C=O) groups excluding carboxylic acids is 1. The highest BCUT2D eigenvalue weighted by atomic mass is 32.2. The smallest absolute Gasteiger partial charge is 0.230 e. The number of likely N-dealkylation sites (N-methyl/N-ethyl adjacent to an activating group) is 1. The molecule has 5 nitrogen and oxygen atoms in total. The van der Waals surface area contributed by atoms with Crippen LogP contribution in [0.25, 0.3) is 0 Å². The first-order valence-electron chi connectivity index (χ1n) is 7.54. The fraction of sp³-hybridized carbons (Fsp3) is 0.562. The molecule has 1 aliphatic heterocycles. The lowest BCUT2D eigenvalue weighted by atomic mass is 9.91. The predicted octanol–water partition coefficient (Wildman–Crippen LogP) is 1.83. The van der Waals surface area contributed by atoms with E-state index in [2.05, 4.69) is 0 Å². The number of carbonyl (C=O) groups is 1. The van der Waals surface area contributed by atoms with Gasteiger partial charge in [0.2, 0.25) is 5.91 Å². The molecule has 1 aromatic carbocycles. The maximum atomic E-state index is 12.8. The summed E-state index contributed by atoms with van der Waals surface area (Å²) in [5.74, 6) is 0.529. The van der Waals surface area contributed by atoms with Crippen molar-refractivity contribution in [2.75, 3.05) is 25.2 Å². The van der Waals surface area contributed by atoms with Crippen LogP contribution in [0.2, 0.25) is 0 Å². The van der Waals surface area contributed by atoms with Gasteiger partial charge in [0, 0.05) is 24.4 Å². The van der Waals surface area contributed by atoms with E-state index in [4.69, 9.17) is 4.74 Å². The molecule has 0 N–H and O–H groups in total. The highest BCUT2D eigenvalue weighted by Crippen LogP contribution is 2.34. The molecule has 0 radical (unpaired) electrons. The molecule has 0 spiro atoms. The Morgan fingerprint density at radius 3 is 2.77 bits per heavy atom. The maximum Gasteiger partial charge on any atom is 0.230 e. The molecule has 2 rings (SSSR count). The highest BCUT2D eigenvalue weighted by molar-refractivity contribution is 7.91. The fourth-order valence-electron chi connectivity index (χ4n) is 2.66. The van der Waals surface area contributed by atoms with Gasteiger partial charge < -0.3 is 9.64 Å². The number of rotatable bonds is 5. The van der Waals surface area contributed by atoms with Crippen LogP contribution in [0.5, 0.6) is 5.75 Å². The van der Waals surface area contributed by atoms with Gasteiger partial charge in [-0.2, -0.15) is 0 Å². The third-order valence-corrected chi connectivity index (χ3v) is 6.07. The molecule has 1 aliphatic rings. The van der Waals surface area contributed by atoms with Gasteiger partial charge in [-0.15, -0.1) is 0 Å². The van der Waals surface area contributed by atoms with Crippen molar-refractivity contribution in [1.82, 2.24) is 4.90 Å². The van der Waals surface area contributed by atoms with E-state index in [0.29, 0.717) is 13.0 Å². The zero-order valence-electron chi connectivity index (χ0n) is 13.3. The van der Waals surface area contributed by atoms with Gasteiger partial charge in [-0.3, -0.25) is 4.79 Å². The van der Waals surface area contributed by atoms with Crippen molar-refractivity contribution in [3.05, 3.63) is 29.8 Å². The molecule has 1 heterocycles. The van der Waals surface area contributed by atoms with E-state index < -0.39 is 9.84 Å². The van der Waals surface area contributed by atoms with Gasteiger partial charge in [-0.05, 0) is 19.4 Å². The Bertz CT molecular complexity index is 641. The maximum absolute atomic E-state index is 12.8. The lowest BCUT2D eigenvalue weighted by Crippen LogP contribution is -2.43. The van der Waals surface area contributed by atoms with Crippen molar-refractivity contribution in [2.24, 2.45) is 0 Å². The van der Waals surface area contributed by atoms with Gasteiger partial charge in [-0.1, -0.05) is 25.1 Å². The first-order valence-corrected chi connectivity index (χ1v) is 9.36. The van der Waals surface area contributed by atoms with Crippen molar-refractivity contribution in [1.29, 1.82) is 0 Å². The highest BCUT2D eigenvalue weighted by Gasteiger charge is 2.32. The number of benzene rings is 1. The molecule has 0 aliphatic carbocycles. The van der Waals surface area contributed by atoms with Crippen LogP contribution < -0.4 is 4.74 Å². The minimum Gasteiger partial charge on any atom is -0.493 e. The monoisotopic (exact) mass is 325 g/mol. The van der Waals surface area contributed by atoms with E-state index in [9.17, 15) is 13.2 Å². The van der Waals surface area contributed by atoms with Crippen LogP contribution in [0.1, 0.15) is 31.7 Å². The van der Waals surface area contributed by atoms with E-state index in [0.717, 1.165) is 11.3 Å². The number of hydrogen-bond acceptors (Lipinski definition) is 4. The third kappa shape index (κ3) is 3.61. The number of ether oxygens (including phenoxy) is 1. The second-order valence-corrected chi connectivity index (χ2v) is 8.12. The average Bonchev–Trinajstić information content (AvgIpc) is 2.52. The molecule has 0 fully saturated rings. The Kier molecular flexibility index (Phi) is 5.11. The minimum absolute atomic E-state index is 0.00337. The van der Waals surface area contributed by atoms with Gasteiger partial charge in [0.1, 0.15) is 5.75 Å². The molecule has 1 aromatic rings. The number of fused-ring (bicyclic) bond motifs is 1. The summed E-state index contributed by atoms with van der Waals surface area (Å²) in [4.78, 5) is 14.3. The van der Waals surface area contributed by atoms with Gasteiger partial charge in [0.05, 0.1) is 18.3 Å². The predicted molar refractivity (Wildman–Crippen MR) is 85.9 cm³/mol. The summed E-state index contributed by atoms with van der Waals surface area (Å²) in [5, 5.41) is 0. The van der Waals surface area contributed by atoms with Gasteiger partial charge in [0.25, 0.3) is 0 Å². The minimum atomic E-state index is -3.11. The Balaban J connectivity index is 2.15. The Hall–Kier alpha value is -1.56. The van der Waals surface area contributed by atoms with E-state index in [1.807, 2.05) is 24.3 Å². The van der Waals surface area contributed by atoms with Crippen LogP contribution in [-0.4, -0.2) is 50.4 Å². The van der Waals surface area contributed by atoms with E-state index >= 15 is 0 Å². The first kappa shape index (κ1) is 16.8. The molecule has 0 saturated carbocycles. The van der Waals surface area contributed by atoms with Gasteiger partial charge in [-0.25, -0.2) is 8.42 Å². The van der Waals surface area contributed by atoms with Crippen LogP contribution in [0.15, 0.2) is 24.3 Å². The molecule has 2 atom stereocenters. The number of hydrogen-bond donors (Lipinski definition) is 0. The SMILES string of the molecule is CCS(=O)(=O)CC(C)N(C)C(=O)C1CCOc2ccccc21. The molecule has 2 unspecified atom stereocenters. The number of nitrogens with zero attached hydrogens (tertiary/aromatic N) is 1. The molecular formula is C16H23NO4S. The quantitative estimate of drug-likeness (QED) is 0.828. The van der Waals surface area contributed by atoms with E-state index in [1.165, 1.54) is 0 Å². The van der Waals surface area contributed by atoms with Gasteiger partial charge in [0.15, 0.2) is 9.84 Å². The summed E-state index contributed by atoms with van der Waals surface area (Å²) in [7, 11) is -1.43. The van der Waals surface area contributed by atoms with Crippen molar-refractivity contribution >= 4 is 15.7 Å². The summed E-state index contributed by atoms with van der Waals surface area (Å²) in [5.41, 5.74) is 0.885. The van der Waals surface area contributed by atoms with Crippen molar-refractivity contribution in [2.45, 2.75) is 32.2 Å². The second kappa shape index (κ2) is 6.69. The molecule has 0 saturated heterocycles. The summed E-state index contributed by atoms with van der Waals surface area (Å²) in [6.07, 6.45) is 0.618. The molecule has 0 bridgehead atoms. The summed E-state index contributed by atoms with van der Waals surface area (Å²) < 4.78 is 29.1. The van der Waals surface area contributed by atoms with Crippen molar-refractivity contribution in [3.8, 4) is 5.75 Å². The van der Waals surface area contributed by atoms with E-state index in [-0.39, 0.29) is 29.4 Å². The Morgan fingerprint density at radius 1 is 1.41 bits per heavy atom. The molecule has 22 heavy (non-hydrogen) atoms. The lowest BCUT2D eigenvalue weighted by Gasteiger charge is -2.31. The Labute approximate surface area is 132 Å². The first-order chi connectivity index (χ1) is 10.4. The number of amides is 1. The number of para-hydroxylation sites is 1. The normalized spacial score (nSPS) is 19.0. The molecule has 122 valence electrons. The van der Waals surface area contributed by atoms with Crippen LogP contribution in [0.4, 0.5) is 0 Å². The molecule has 0 aromatic heterocycles. The topological polar surface area (TPSA) is 63.7 Å². The number of sulfone groups is 1. The van der Waals surface area contributed by atoms with E-state index in [1.54, 1.807) is 25.8 Å². The molecular weight excluding hydrogens is 302 g/mol. The molecule has 1 amide bonds. The van der Waals surface area contributed by atoms with Crippen molar-refractivity contribution in [3.63, 3.8) is 0 Å². The van der Waals surface area contributed by atoms with Crippen LogP contribution in [0.3, 0.4) is 0 Å². The second-order valence-electron chi connectivity index (χ2n) is 5.72. The Morgan fingerprint density at radius 2 is 2.09 bits per heavy atom. The van der Waals surface area contributed by atoms with Crippen LogP contribution in [0, 0.1) is 0 Å². The van der Waals surface area contributed by atoms with Crippen LogP contribution in [-0.2, 0) is 14.6 Å². The zero-order valence-corrected chi connectivity index (χ0v) is 14.1. The largest absolute Gasteiger partial charge is 0.493 e. The van der Waals surface area contributed by atoms with Gasteiger partial charge >= 0.3 is 0 Å². The molecule has 6 heteroatoms. The summed E-state index contributed by atoms with van der Waals surface area (Å²) >= 11 is 0. The average molecular weight is 325 g/mol. The van der Waals surface area contributed by atoms with Crippen molar-refractivity contribution < 1.29 is 17.9 Å². The fourth-order valence-corrected chi connectivity index (χ4v) is 3.85. The lowest BCUT2D eigenvalue weighted by molar-refractivity contribution is -0.133. The summed E-state index contributed by atoms with van der Waals surface area (Å²) in [6, 6.07) is 7.19.